The SMILES string of the molecule is Cc1ccc(OCCc2nc(N)nc3ccccc23)cc1. The van der Waals surface area contributed by atoms with Crippen LogP contribution in [0.5, 0.6) is 5.75 Å². The van der Waals surface area contributed by atoms with E-state index in [1.54, 1.807) is 0 Å². The summed E-state index contributed by atoms with van der Waals surface area (Å²) in [6.45, 7) is 2.61. The van der Waals surface area contributed by atoms with Crippen molar-refractivity contribution in [3.05, 3.63) is 59.8 Å². The molecule has 1 heterocycles. The lowest BCUT2D eigenvalue weighted by Gasteiger charge is -2.08. The molecule has 4 heteroatoms. The molecule has 0 atom stereocenters. The number of benzene rings is 2. The minimum Gasteiger partial charge on any atom is -0.493 e. The molecule has 0 aliphatic carbocycles. The number of hydrogen-bond acceptors (Lipinski definition) is 4. The van der Waals surface area contributed by atoms with Crippen LogP contribution in [-0.4, -0.2) is 16.6 Å². The maximum absolute atomic E-state index is 5.76. The van der Waals surface area contributed by atoms with E-state index in [1.807, 2.05) is 48.5 Å². The van der Waals surface area contributed by atoms with E-state index >= 15 is 0 Å². The Morgan fingerprint density at radius 3 is 2.57 bits per heavy atom. The van der Waals surface area contributed by atoms with E-state index in [2.05, 4.69) is 16.9 Å². The maximum atomic E-state index is 5.76. The van der Waals surface area contributed by atoms with Gasteiger partial charge in [-0.1, -0.05) is 35.9 Å². The smallest absolute Gasteiger partial charge is 0.220 e. The summed E-state index contributed by atoms with van der Waals surface area (Å²) in [7, 11) is 0. The molecule has 0 radical (unpaired) electrons. The summed E-state index contributed by atoms with van der Waals surface area (Å²) in [4.78, 5) is 8.57. The van der Waals surface area contributed by atoms with Crippen molar-refractivity contribution in [2.75, 3.05) is 12.3 Å². The topological polar surface area (TPSA) is 61.0 Å². The number of anilines is 1. The molecule has 4 nitrogen and oxygen atoms in total. The molecule has 0 amide bonds. The number of ether oxygens (including phenoxy) is 1. The van der Waals surface area contributed by atoms with Gasteiger partial charge in [0.15, 0.2) is 0 Å². The number of aromatic nitrogens is 2. The van der Waals surface area contributed by atoms with Gasteiger partial charge in [0, 0.05) is 11.8 Å². The first-order valence-corrected chi connectivity index (χ1v) is 6.93. The monoisotopic (exact) mass is 279 g/mol. The molecule has 0 saturated heterocycles. The number of hydrogen-bond donors (Lipinski definition) is 1. The predicted octanol–water partition coefficient (Wildman–Crippen LogP) is 3.14. The molecule has 2 aromatic carbocycles. The zero-order chi connectivity index (χ0) is 14.7. The molecule has 0 spiro atoms. The van der Waals surface area contributed by atoms with Gasteiger partial charge in [0.25, 0.3) is 0 Å². The second kappa shape index (κ2) is 5.79. The summed E-state index contributed by atoms with van der Waals surface area (Å²) in [6.07, 6.45) is 0.696. The molecule has 0 aliphatic rings. The average molecular weight is 279 g/mol. The van der Waals surface area contributed by atoms with Crippen LogP contribution < -0.4 is 10.5 Å². The van der Waals surface area contributed by atoms with Crippen molar-refractivity contribution in [1.29, 1.82) is 0 Å². The fourth-order valence-corrected chi connectivity index (χ4v) is 2.25. The first kappa shape index (κ1) is 13.4. The third-order valence-corrected chi connectivity index (χ3v) is 3.33. The second-order valence-corrected chi connectivity index (χ2v) is 4.96. The molecule has 3 aromatic rings. The Labute approximate surface area is 123 Å². The molecule has 21 heavy (non-hydrogen) atoms. The number of nitrogens with two attached hydrogens (primary N) is 1. The Morgan fingerprint density at radius 1 is 1.00 bits per heavy atom. The Balaban J connectivity index is 1.74. The minimum absolute atomic E-state index is 0.305. The quantitative estimate of drug-likeness (QED) is 0.797. The first-order valence-electron chi connectivity index (χ1n) is 6.93. The number of aryl methyl sites for hydroxylation is 1. The second-order valence-electron chi connectivity index (χ2n) is 4.96. The Bertz CT molecular complexity index is 754. The van der Waals surface area contributed by atoms with Crippen LogP contribution in [0.3, 0.4) is 0 Å². The van der Waals surface area contributed by atoms with Crippen LogP contribution in [0.4, 0.5) is 5.95 Å². The van der Waals surface area contributed by atoms with E-state index in [-0.39, 0.29) is 0 Å². The van der Waals surface area contributed by atoms with E-state index in [9.17, 15) is 0 Å². The summed E-state index contributed by atoms with van der Waals surface area (Å²) in [5.41, 5.74) is 8.77. The number of nitrogens with zero attached hydrogens (tertiary/aromatic N) is 2. The van der Waals surface area contributed by atoms with E-state index in [0.717, 1.165) is 22.3 Å². The average Bonchev–Trinajstić information content (AvgIpc) is 2.49. The number of nitrogen functional groups attached to an aromatic ring is 1. The van der Waals surface area contributed by atoms with Crippen LogP contribution in [0.15, 0.2) is 48.5 Å². The molecule has 106 valence electrons. The van der Waals surface area contributed by atoms with Gasteiger partial charge >= 0.3 is 0 Å². The van der Waals surface area contributed by atoms with Crippen molar-refractivity contribution in [2.24, 2.45) is 0 Å². The summed E-state index contributed by atoms with van der Waals surface area (Å²) in [6, 6.07) is 15.9. The molecule has 0 saturated carbocycles. The molecule has 0 unspecified atom stereocenters. The lowest BCUT2D eigenvalue weighted by atomic mass is 10.1. The molecule has 0 bridgehead atoms. The summed E-state index contributed by atoms with van der Waals surface area (Å²) >= 11 is 0. The van der Waals surface area contributed by atoms with E-state index in [0.29, 0.717) is 19.0 Å². The molecule has 2 N–H and O–H groups in total. The minimum atomic E-state index is 0.305. The van der Waals surface area contributed by atoms with Crippen LogP contribution in [0.2, 0.25) is 0 Å². The number of fused-ring (bicyclic) bond motifs is 1. The van der Waals surface area contributed by atoms with Gasteiger partial charge in [0.05, 0.1) is 17.8 Å². The lowest BCUT2D eigenvalue weighted by Crippen LogP contribution is -2.06. The summed E-state index contributed by atoms with van der Waals surface area (Å²) < 4.78 is 5.75. The van der Waals surface area contributed by atoms with Gasteiger partial charge < -0.3 is 10.5 Å². The third kappa shape index (κ3) is 3.11. The van der Waals surface area contributed by atoms with Gasteiger partial charge in [-0.25, -0.2) is 9.97 Å². The van der Waals surface area contributed by atoms with Crippen LogP contribution in [-0.2, 0) is 6.42 Å². The highest BCUT2D eigenvalue weighted by molar-refractivity contribution is 5.81. The number of rotatable bonds is 4. The van der Waals surface area contributed by atoms with Gasteiger partial charge in [-0.15, -0.1) is 0 Å². The highest BCUT2D eigenvalue weighted by atomic mass is 16.5. The van der Waals surface area contributed by atoms with Crippen molar-refractivity contribution in [3.63, 3.8) is 0 Å². The number of para-hydroxylation sites is 1. The fraction of sp³-hybridized carbons (Fsp3) is 0.176. The zero-order valence-corrected chi connectivity index (χ0v) is 11.9. The Morgan fingerprint density at radius 2 is 1.76 bits per heavy atom. The summed E-state index contributed by atoms with van der Waals surface area (Å²) in [5, 5.41) is 1.03. The normalized spacial score (nSPS) is 10.7. The van der Waals surface area contributed by atoms with Gasteiger partial charge in [0.2, 0.25) is 5.95 Å². The van der Waals surface area contributed by atoms with E-state index in [4.69, 9.17) is 10.5 Å². The first-order chi connectivity index (χ1) is 10.2. The van der Waals surface area contributed by atoms with Crippen molar-refractivity contribution < 1.29 is 4.74 Å². The molecule has 0 fully saturated rings. The van der Waals surface area contributed by atoms with Gasteiger partial charge in [0.1, 0.15) is 5.75 Å². The predicted molar refractivity (Wildman–Crippen MR) is 84.3 cm³/mol. The zero-order valence-electron chi connectivity index (χ0n) is 11.9. The highest BCUT2D eigenvalue weighted by Crippen LogP contribution is 2.17. The molecular weight excluding hydrogens is 262 g/mol. The van der Waals surface area contributed by atoms with Crippen LogP contribution in [0.25, 0.3) is 10.9 Å². The van der Waals surface area contributed by atoms with Gasteiger partial charge in [-0.05, 0) is 25.1 Å². The largest absolute Gasteiger partial charge is 0.493 e. The molecule has 1 aromatic heterocycles. The van der Waals surface area contributed by atoms with Crippen molar-refractivity contribution in [1.82, 2.24) is 9.97 Å². The maximum Gasteiger partial charge on any atom is 0.220 e. The highest BCUT2D eigenvalue weighted by Gasteiger charge is 2.06. The molecule has 3 rings (SSSR count). The van der Waals surface area contributed by atoms with Crippen LogP contribution in [0.1, 0.15) is 11.3 Å². The van der Waals surface area contributed by atoms with Crippen LogP contribution in [0, 0.1) is 6.92 Å². The van der Waals surface area contributed by atoms with E-state index in [1.165, 1.54) is 5.56 Å². The molecular formula is C17H17N3O. The van der Waals surface area contributed by atoms with Gasteiger partial charge in [-0.2, -0.15) is 0 Å². The lowest BCUT2D eigenvalue weighted by molar-refractivity contribution is 0.321. The Kier molecular flexibility index (Phi) is 3.69. The Hall–Kier alpha value is -2.62. The fourth-order valence-electron chi connectivity index (χ4n) is 2.25. The standard InChI is InChI=1S/C17H17N3O/c1-12-6-8-13(9-7-12)21-11-10-16-14-4-2-3-5-15(14)19-17(18)20-16/h2-9H,10-11H2,1H3,(H2,18,19,20). The van der Waals surface area contributed by atoms with Crippen molar-refractivity contribution >= 4 is 16.9 Å². The van der Waals surface area contributed by atoms with Crippen molar-refractivity contribution in [2.45, 2.75) is 13.3 Å². The third-order valence-electron chi connectivity index (χ3n) is 3.33. The van der Waals surface area contributed by atoms with Crippen LogP contribution >= 0.6 is 0 Å². The van der Waals surface area contributed by atoms with Gasteiger partial charge in [-0.3, -0.25) is 0 Å². The van der Waals surface area contributed by atoms with Crippen molar-refractivity contribution in [3.8, 4) is 5.75 Å². The van der Waals surface area contributed by atoms with E-state index < -0.39 is 0 Å². The molecule has 0 aliphatic heterocycles. The summed E-state index contributed by atoms with van der Waals surface area (Å²) in [5.74, 6) is 1.17.